The van der Waals surface area contributed by atoms with E-state index in [1.807, 2.05) is 31.2 Å². The monoisotopic (exact) mass is 418 g/mol. The van der Waals surface area contributed by atoms with E-state index in [1.165, 1.54) is 16.3 Å². The van der Waals surface area contributed by atoms with Crippen molar-refractivity contribution in [2.75, 3.05) is 6.61 Å². The van der Waals surface area contributed by atoms with Crippen molar-refractivity contribution in [1.82, 2.24) is 19.1 Å². The third-order valence-corrected chi connectivity index (χ3v) is 6.03. The minimum Gasteiger partial charge on any atom is -0.491 e. The largest absolute Gasteiger partial charge is 0.491 e. The summed E-state index contributed by atoms with van der Waals surface area (Å²) in [5.74, 6) is 0.705. The van der Waals surface area contributed by atoms with Gasteiger partial charge in [0.05, 0.1) is 6.54 Å². The molecule has 0 bridgehead atoms. The molecular formula is C20H26N4O4S. The number of ether oxygens (including phenoxy) is 1. The highest BCUT2D eigenvalue weighted by Gasteiger charge is 2.21. The quantitative estimate of drug-likeness (QED) is 0.543. The molecule has 0 fully saturated rings. The smallest absolute Gasteiger partial charge is 0.329 e. The maximum Gasteiger partial charge on any atom is 0.329 e. The second-order valence-corrected chi connectivity index (χ2v) is 8.47. The van der Waals surface area contributed by atoms with E-state index in [0.717, 1.165) is 12.0 Å². The van der Waals surface area contributed by atoms with Crippen LogP contribution in [0.15, 0.2) is 39.0 Å². The number of nitrogens with zero attached hydrogens (tertiary/aromatic N) is 3. The predicted molar refractivity (Wildman–Crippen MR) is 114 cm³/mol. The van der Waals surface area contributed by atoms with Gasteiger partial charge in [0.2, 0.25) is 0 Å². The highest BCUT2D eigenvalue weighted by molar-refractivity contribution is 7.99. The van der Waals surface area contributed by atoms with Gasteiger partial charge < -0.3 is 14.4 Å². The first-order valence-electron chi connectivity index (χ1n) is 9.54. The lowest BCUT2D eigenvalue weighted by Gasteiger charge is -2.17. The highest BCUT2D eigenvalue weighted by Crippen LogP contribution is 2.27. The van der Waals surface area contributed by atoms with Crippen molar-refractivity contribution in [2.24, 2.45) is 7.05 Å². The van der Waals surface area contributed by atoms with Crippen molar-refractivity contribution in [3.05, 3.63) is 50.7 Å². The lowest BCUT2D eigenvalue weighted by molar-refractivity contribution is 0.0910. The molecule has 0 aliphatic carbocycles. The summed E-state index contributed by atoms with van der Waals surface area (Å²) in [7, 11) is 1.56. The van der Waals surface area contributed by atoms with Crippen LogP contribution >= 0.6 is 11.8 Å². The molecule has 0 amide bonds. The Morgan fingerprint density at radius 1 is 1.31 bits per heavy atom. The first kappa shape index (κ1) is 21.2. The lowest BCUT2D eigenvalue weighted by Crippen LogP contribution is -2.30. The number of para-hydroxylation sites is 1. The van der Waals surface area contributed by atoms with Crippen molar-refractivity contribution < 1.29 is 9.84 Å². The molecule has 2 heterocycles. The minimum absolute atomic E-state index is 0.0711. The van der Waals surface area contributed by atoms with Gasteiger partial charge in [-0.1, -0.05) is 43.8 Å². The highest BCUT2D eigenvalue weighted by atomic mass is 32.2. The van der Waals surface area contributed by atoms with Crippen molar-refractivity contribution in [3.8, 4) is 5.75 Å². The van der Waals surface area contributed by atoms with Crippen molar-refractivity contribution in [3.63, 3.8) is 0 Å². The maximum atomic E-state index is 12.5. The van der Waals surface area contributed by atoms with Gasteiger partial charge in [0.25, 0.3) is 5.56 Å². The number of hydrogen-bond donors (Lipinski definition) is 2. The Labute approximate surface area is 172 Å². The molecule has 0 radical (unpaired) electrons. The maximum absolute atomic E-state index is 12.5. The second kappa shape index (κ2) is 8.87. The second-order valence-electron chi connectivity index (χ2n) is 7.06. The molecule has 0 aliphatic rings. The molecule has 3 aromatic rings. The van der Waals surface area contributed by atoms with Crippen LogP contribution in [0.5, 0.6) is 5.75 Å². The molecule has 0 spiro atoms. The standard InChI is InChI=1S/C20H26N4O4S/c1-5-13(3)29-20-21-17-16(18(26)22-19(27)23(17)4)24(20)10-14(25)11-28-15-9-7-6-8-12(15)2/h6-9,13-14,25H,5,10-11H2,1-4H3,(H,22,26,27)/t13-,14+/m1/s1. The molecule has 0 saturated carbocycles. The summed E-state index contributed by atoms with van der Waals surface area (Å²) in [6, 6.07) is 7.58. The molecule has 8 nitrogen and oxygen atoms in total. The fourth-order valence-electron chi connectivity index (χ4n) is 2.91. The summed E-state index contributed by atoms with van der Waals surface area (Å²) in [6.07, 6.45) is 0.0576. The molecule has 9 heteroatoms. The number of hydrogen-bond acceptors (Lipinski definition) is 6. The number of aryl methyl sites for hydroxylation is 2. The molecule has 2 atom stereocenters. The van der Waals surface area contributed by atoms with Gasteiger partial charge in [-0.2, -0.15) is 0 Å². The molecule has 0 unspecified atom stereocenters. The van der Waals surface area contributed by atoms with E-state index in [-0.39, 0.29) is 23.9 Å². The van der Waals surface area contributed by atoms with Crippen LogP contribution in [0.25, 0.3) is 11.2 Å². The molecule has 3 rings (SSSR count). The van der Waals surface area contributed by atoms with E-state index in [0.29, 0.717) is 16.6 Å². The van der Waals surface area contributed by atoms with Crippen LogP contribution in [-0.2, 0) is 13.6 Å². The molecule has 1 aromatic carbocycles. The topological polar surface area (TPSA) is 102 Å². The van der Waals surface area contributed by atoms with Gasteiger partial charge in [-0.3, -0.25) is 14.3 Å². The van der Waals surface area contributed by atoms with Gasteiger partial charge in [0.15, 0.2) is 16.3 Å². The number of aromatic nitrogens is 4. The number of imidazole rings is 1. The number of aromatic amines is 1. The van der Waals surface area contributed by atoms with Gasteiger partial charge in [0, 0.05) is 12.3 Å². The van der Waals surface area contributed by atoms with E-state index in [4.69, 9.17) is 4.74 Å². The molecule has 0 aliphatic heterocycles. The fourth-order valence-corrected chi connectivity index (χ4v) is 3.86. The number of aliphatic hydroxyl groups excluding tert-OH is 1. The fraction of sp³-hybridized carbons (Fsp3) is 0.450. The summed E-state index contributed by atoms with van der Waals surface area (Å²) in [5.41, 5.74) is 0.519. The normalized spacial score (nSPS) is 13.6. The zero-order valence-corrected chi connectivity index (χ0v) is 17.8. The van der Waals surface area contributed by atoms with Crippen LogP contribution < -0.4 is 16.0 Å². The van der Waals surface area contributed by atoms with Gasteiger partial charge in [-0.05, 0) is 25.0 Å². The molecule has 0 saturated heterocycles. The average molecular weight is 419 g/mol. The van der Waals surface area contributed by atoms with Gasteiger partial charge in [-0.15, -0.1) is 0 Å². The third kappa shape index (κ3) is 4.56. The van der Waals surface area contributed by atoms with Crippen LogP contribution in [0.3, 0.4) is 0 Å². The summed E-state index contributed by atoms with van der Waals surface area (Å²) in [4.78, 5) is 31.3. The van der Waals surface area contributed by atoms with Crippen molar-refractivity contribution in [2.45, 2.75) is 50.2 Å². The Balaban J connectivity index is 1.92. The summed E-state index contributed by atoms with van der Waals surface area (Å²) < 4.78 is 8.73. The Morgan fingerprint density at radius 3 is 2.72 bits per heavy atom. The molecule has 2 aromatic heterocycles. The molecule has 2 N–H and O–H groups in total. The Kier molecular flexibility index (Phi) is 6.49. The molecular weight excluding hydrogens is 392 g/mol. The molecule has 29 heavy (non-hydrogen) atoms. The minimum atomic E-state index is -0.861. The van der Waals surface area contributed by atoms with Crippen LogP contribution in [0.4, 0.5) is 0 Å². The number of nitrogens with one attached hydrogen (secondary N) is 1. The molecule has 156 valence electrons. The number of H-pyrrole nitrogens is 1. The summed E-state index contributed by atoms with van der Waals surface area (Å²) in [6.45, 7) is 6.27. The first-order chi connectivity index (χ1) is 13.8. The van der Waals surface area contributed by atoms with E-state index >= 15 is 0 Å². The number of benzene rings is 1. The Morgan fingerprint density at radius 2 is 2.03 bits per heavy atom. The van der Waals surface area contributed by atoms with Crippen LogP contribution in [0.2, 0.25) is 0 Å². The number of rotatable bonds is 8. The predicted octanol–water partition coefficient (Wildman–Crippen LogP) is 2.06. The van der Waals surface area contributed by atoms with Gasteiger partial charge in [0.1, 0.15) is 18.5 Å². The number of aliphatic hydroxyl groups is 1. The van der Waals surface area contributed by atoms with E-state index in [2.05, 4.69) is 23.8 Å². The van der Waals surface area contributed by atoms with Gasteiger partial charge >= 0.3 is 5.69 Å². The van der Waals surface area contributed by atoms with Crippen molar-refractivity contribution in [1.29, 1.82) is 0 Å². The summed E-state index contributed by atoms with van der Waals surface area (Å²) >= 11 is 1.51. The summed E-state index contributed by atoms with van der Waals surface area (Å²) in [5, 5.41) is 11.5. The van der Waals surface area contributed by atoms with Crippen molar-refractivity contribution >= 4 is 22.9 Å². The van der Waals surface area contributed by atoms with E-state index in [1.54, 1.807) is 11.6 Å². The lowest BCUT2D eigenvalue weighted by atomic mass is 10.2. The van der Waals surface area contributed by atoms with Crippen LogP contribution in [-0.4, -0.2) is 42.2 Å². The van der Waals surface area contributed by atoms with Crippen LogP contribution in [0.1, 0.15) is 25.8 Å². The van der Waals surface area contributed by atoms with Gasteiger partial charge in [-0.25, -0.2) is 9.78 Å². The third-order valence-electron chi connectivity index (χ3n) is 4.77. The zero-order valence-electron chi connectivity index (χ0n) is 17.0. The van der Waals surface area contributed by atoms with E-state index in [9.17, 15) is 14.7 Å². The Bertz CT molecular complexity index is 1120. The SMILES string of the molecule is CC[C@@H](C)Sc1nc2c(c(=O)[nH]c(=O)n2C)n1C[C@H](O)COc1ccccc1C. The average Bonchev–Trinajstić information content (AvgIpc) is 3.04. The van der Waals surface area contributed by atoms with E-state index < -0.39 is 17.4 Å². The number of thioether (sulfide) groups is 1. The van der Waals surface area contributed by atoms with Crippen LogP contribution in [0, 0.1) is 6.92 Å². The Hall–Kier alpha value is -2.52. The zero-order chi connectivity index (χ0) is 21.1. The first-order valence-corrected chi connectivity index (χ1v) is 10.4. The number of fused-ring (bicyclic) bond motifs is 1.